The third-order valence-corrected chi connectivity index (χ3v) is 2.22. The van der Waals surface area contributed by atoms with Gasteiger partial charge in [-0.1, -0.05) is 15.9 Å². The molecule has 0 aliphatic rings. The van der Waals surface area contributed by atoms with Crippen LogP contribution in [0.2, 0.25) is 0 Å². The van der Waals surface area contributed by atoms with E-state index in [0.29, 0.717) is 15.7 Å². The number of nitriles is 1. The fraction of sp³-hybridized carbons (Fsp3) is 0.300. The summed E-state index contributed by atoms with van der Waals surface area (Å²) in [6.07, 6.45) is -5.07. The molecule has 2 nitrogen and oxygen atoms in total. The van der Waals surface area contributed by atoms with Crippen molar-refractivity contribution in [2.45, 2.75) is 12.6 Å². The molecular weight excluding hydrogens is 285 g/mol. The number of benzene rings is 1. The second-order valence-electron chi connectivity index (χ2n) is 3.13. The lowest BCUT2D eigenvalue weighted by Crippen LogP contribution is -2.14. The molecule has 1 aromatic carbocycles. The number of nitrogens with one attached hydrogen (secondary N) is 1. The number of halogens is 4. The molecule has 6 heteroatoms. The Kier molecular flexibility index (Phi) is 4.19. The van der Waals surface area contributed by atoms with E-state index in [1.807, 2.05) is 6.07 Å². The van der Waals surface area contributed by atoms with Gasteiger partial charge in [0.05, 0.1) is 18.1 Å². The highest BCUT2D eigenvalue weighted by atomic mass is 79.9. The van der Waals surface area contributed by atoms with Crippen molar-refractivity contribution in [2.24, 2.45) is 0 Å². The van der Waals surface area contributed by atoms with Crippen LogP contribution in [0.25, 0.3) is 0 Å². The van der Waals surface area contributed by atoms with Crippen LogP contribution in [0.15, 0.2) is 22.7 Å². The summed E-state index contributed by atoms with van der Waals surface area (Å²) in [7, 11) is 0. The molecule has 0 atom stereocenters. The normalized spacial score (nSPS) is 10.9. The van der Waals surface area contributed by atoms with Crippen molar-refractivity contribution >= 4 is 21.6 Å². The maximum atomic E-state index is 11.9. The van der Waals surface area contributed by atoms with E-state index in [0.717, 1.165) is 0 Å². The summed E-state index contributed by atoms with van der Waals surface area (Å²) in [5, 5.41) is 11.3. The van der Waals surface area contributed by atoms with Gasteiger partial charge >= 0.3 is 6.18 Å². The minimum atomic E-state index is -4.17. The second kappa shape index (κ2) is 5.21. The maximum absolute atomic E-state index is 11.9. The van der Waals surface area contributed by atoms with E-state index in [2.05, 4.69) is 21.2 Å². The van der Waals surface area contributed by atoms with Gasteiger partial charge in [0.25, 0.3) is 0 Å². The van der Waals surface area contributed by atoms with Crippen molar-refractivity contribution in [3.8, 4) is 6.07 Å². The molecule has 0 aliphatic carbocycles. The van der Waals surface area contributed by atoms with E-state index in [-0.39, 0.29) is 6.54 Å². The monoisotopic (exact) mass is 292 g/mol. The zero-order valence-corrected chi connectivity index (χ0v) is 9.69. The fourth-order valence-corrected chi connectivity index (χ4v) is 1.60. The number of anilines is 1. The van der Waals surface area contributed by atoms with Gasteiger partial charge in [-0.2, -0.15) is 18.4 Å². The number of hydrogen-bond acceptors (Lipinski definition) is 2. The van der Waals surface area contributed by atoms with Crippen molar-refractivity contribution in [3.05, 3.63) is 28.2 Å². The molecule has 0 fully saturated rings. The molecule has 1 N–H and O–H groups in total. The van der Waals surface area contributed by atoms with Crippen molar-refractivity contribution < 1.29 is 13.2 Å². The summed E-state index contributed by atoms with van der Waals surface area (Å²) in [4.78, 5) is 0. The Labute approximate surface area is 99.2 Å². The summed E-state index contributed by atoms with van der Waals surface area (Å²) in [5.74, 6) is 0. The Hall–Kier alpha value is -1.22. The van der Waals surface area contributed by atoms with Gasteiger partial charge in [-0.05, 0) is 18.2 Å². The van der Waals surface area contributed by atoms with Gasteiger partial charge in [-0.15, -0.1) is 0 Å². The van der Waals surface area contributed by atoms with E-state index in [1.165, 1.54) is 6.07 Å². The predicted molar refractivity (Wildman–Crippen MR) is 58.0 cm³/mol. The largest absolute Gasteiger partial charge is 0.390 e. The summed E-state index contributed by atoms with van der Waals surface area (Å²) in [5.41, 5.74) is 0.888. The zero-order chi connectivity index (χ0) is 12.2. The number of alkyl halides is 3. The highest BCUT2D eigenvalue weighted by Crippen LogP contribution is 2.22. The number of nitrogens with zero attached hydrogens (tertiary/aromatic N) is 1. The van der Waals surface area contributed by atoms with Gasteiger partial charge in [0.2, 0.25) is 0 Å². The molecule has 16 heavy (non-hydrogen) atoms. The van der Waals surface area contributed by atoms with Crippen LogP contribution in [0.5, 0.6) is 0 Å². The van der Waals surface area contributed by atoms with Crippen molar-refractivity contribution in [2.75, 3.05) is 11.9 Å². The lowest BCUT2D eigenvalue weighted by molar-refractivity contribution is -0.131. The lowest BCUT2D eigenvalue weighted by atomic mass is 10.2. The fourth-order valence-electron chi connectivity index (χ4n) is 1.10. The summed E-state index contributed by atoms with van der Waals surface area (Å²) < 4.78 is 36.3. The number of hydrogen-bond donors (Lipinski definition) is 1. The minimum absolute atomic E-state index is 0.204. The average molecular weight is 293 g/mol. The molecule has 0 aliphatic heterocycles. The van der Waals surface area contributed by atoms with Crippen molar-refractivity contribution in [3.63, 3.8) is 0 Å². The minimum Gasteiger partial charge on any atom is -0.385 e. The first-order valence-corrected chi connectivity index (χ1v) is 5.21. The average Bonchev–Trinajstić information content (AvgIpc) is 2.14. The smallest absolute Gasteiger partial charge is 0.385 e. The molecule has 0 amide bonds. The number of rotatable bonds is 3. The van der Waals surface area contributed by atoms with Crippen LogP contribution in [0, 0.1) is 11.3 Å². The van der Waals surface area contributed by atoms with Crippen molar-refractivity contribution in [1.29, 1.82) is 5.26 Å². The van der Waals surface area contributed by atoms with E-state index < -0.39 is 12.6 Å². The van der Waals surface area contributed by atoms with Crippen LogP contribution in [0.4, 0.5) is 18.9 Å². The van der Waals surface area contributed by atoms with Gasteiger partial charge in [0.15, 0.2) is 0 Å². The molecule has 0 aromatic heterocycles. The van der Waals surface area contributed by atoms with Crippen LogP contribution in [0.3, 0.4) is 0 Å². The molecule has 0 unspecified atom stereocenters. The molecule has 0 saturated carbocycles. The Bertz CT molecular complexity index is 410. The standard InChI is InChI=1S/C10H8BrF3N2/c11-8-3-7(6-15)4-9(5-8)16-2-1-10(12,13)14/h3-5,16H,1-2H2. The summed E-state index contributed by atoms with van der Waals surface area (Å²) >= 11 is 3.17. The molecule has 1 aromatic rings. The second-order valence-corrected chi connectivity index (χ2v) is 4.05. The molecule has 1 rings (SSSR count). The summed E-state index contributed by atoms with van der Waals surface area (Å²) in [6.45, 7) is -0.204. The highest BCUT2D eigenvalue weighted by molar-refractivity contribution is 9.10. The highest BCUT2D eigenvalue weighted by Gasteiger charge is 2.26. The van der Waals surface area contributed by atoms with Gasteiger partial charge < -0.3 is 5.32 Å². The molecule has 0 radical (unpaired) electrons. The molecular formula is C10H8BrF3N2. The molecule has 0 bridgehead atoms. The van der Waals surface area contributed by atoms with E-state index >= 15 is 0 Å². The van der Waals surface area contributed by atoms with Crippen LogP contribution in [-0.2, 0) is 0 Å². The molecule has 0 heterocycles. The van der Waals surface area contributed by atoms with Crippen molar-refractivity contribution in [1.82, 2.24) is 0 Å². The van der Waals surface area contributed by atoms with E-state index in [4.69, 9.17) is 5.26 Å². The van der Waals surface area contributed by atoms with Crippen LogP contribution in [-0.4, -0.2) is 12.7 Å². The van der Waals surface area contributed by atoms with Gasteiger partial charge in [-0.3, -0.25) is 0 Å². The quantitative estimate of drug-likeness (QED) is 0.922. The first-order chi connectivity index (χ1) is 7.40. The third kappa shape index (κ3) is 4.53. The Morgan fingerprint density at radius 3 is 2.56 bits per heavy atom. The first-order valence-electron chi connectivity index (χ1n) is 4.42. The van der Waals surface area contributed by atoms with E-state index in [9.17, 15) is 13.2 Å². The SMILES string of the molecule is N#Cc1cc(Br)cc(NCCC(F)(F)F)c1. The molecule has 86 valence electrons. The Morgan fingerprint density at radius 1 is 1.31 bits per heavy atom. The third-order valence-electron chi connectivity index (χ3n) is 1.76. The van der Waals surface area contributed by atoms with Crippen LogP contribution < -0.4 is 5.32 Å². The van der Waals surface area contributed by atoms with Crippen LogP contribution >= 0.6 is 15.9 Å². The van der Waals surface area contributed by atoms with Gasteiger partial charge in [-0.25, -0.2) is 0 Å². The predicted octanol–water partition coefficient (Wildman–Crippen LogP) is 3.69. The van der Waals surface area contributed by atoms with Crippen LogP contribution in [0.1, 0.15) is 12.0 Å². The Morgan fingerprint density at radius 2 is 2.00 bits per heavy atom. The zero-order valence-electron chi connectivity index (χ0n) is 8.11. The maximum Gasteiger partial charge on any atom is 0.390 e. The summed E-state index contributed by atoms with van der Waals surface area (Å²) in [6, 6.07) is 6.64. The molecule has 0 saturated heterocycles. The Balaban J connectivity index is 2.61. The lowest BCUT2D eigenvalue weighted by Gasteiger charge is -2.09. The first kappa shape index (κ1) is 12.8. The van der Waals surface area contributed by atoms with Gasteiger partial charge in [0, 0.05) is 16.7 Å². The topological polar surface area (TPSA) is 35.8 Å². The van der Waals surface area contributed by atoms with E-state index in [1.54, 1.807) is 12.1 Å². The molecule has 0 spiro atoms. The van der Waals surface area contributed by atoms with Gasteiger partial charge in [0.1, 0.15) is 0 Å².